The zero-order valence-corrected chi connectivity index (χ0v) is 19.5. The number of benzene rings is 2. The molecule has 32 heavy (non-hydrogen) atoms. The Hall–Kier alpha value is -3.32. The normalized spacial score (nSPS) is 11.3. The fourth-order valence-corrected chi connectivity index (χ4v) is 3.11. The highest BCUT2D eigenvalue weighted by Gasteiger charge is 2.25. The second-order valence-electron chi connectivity index (χ2n) is 7.79. The molecule has 3 aromatic rings. The van der Waals surface area contributed by atoms with Gasteiger partial charge in [-0.05, 0) is 58.0 Å². The van der Waals surface area contributed by atoms with Crippen LogP contribution < -0.4 is 14.2 Å². The quantitative estimate of drug-likeness (QED) is 0.451. The zero-order valence-electron chi connectivity index (χ0n) is 19.5. The summed E-state index contributed by atoms with van der Waals surface area (Å²) in [6.45, 7) is 7.69. The molecule has 0 saturated carbocycles. The minimum atomic E-state index is -0.896. The van der Waals surface area contributed by atoms with Crippen LogP contribution in [0.15, 0.2) is 48.5 Å². The van der Waals surface area contributed by atoms with E-state index in [1.165, 1.54) is 6.92 Å². The molecule has 0 bridgehead atoms. The number of hydrogen-bond donors (Lipinski definition) is 0. The van der Waals surface area contributed by atoms with Crippen molar-refractivity contribution in [3.8, 4) is 34.2 Å². The van der Waals surface area contributed by atoms with Crippen LogP contribution in [0.4, 0.5) is 0 Å². The molecule has 0 aliphatic heterocycles. The summed E-state index contributed by atoms with van der Waals surface area (Å²) in [5.41, 5.74) is 2.25. The van der Waals surface area contributed by atoms with E-state index in [2.05, 4.69) is 0 Å². The molecule has 0 radical (unpaired) electrons. The molecule has 0 fully saturated rings. The molecule has 0 atom stereocenters. The third-order valence-corrected chi connectivity index (χ3v) is 5.23. The first kappa shape index (κ1) is 23.3. The Morgan fingerprint density at radius 3 is 2.28 bits per heavy atom. The van der Waals surface area contributed by atoms with Gasteiger partial charge < -0.3 is 18.9 Å². The molecule has 3 rings (SSSR count). The minimum absolute atomic E-state index is 0.0450. The number of rotatable bonds is 10. The Bertz CT molecular complexity index is 1070. The summed E-state index contributed by atoms with van der Waals surface area (Å²) in [6, 6.07) is 15.3. The maximum Gasteiger partial charge on any atom is 0.161 e. The van der Waals surface area contributed by atoms with Crippen molar-refractivity contribution in [2.24, 2.45) is 0 Å². The van der Waals surface area contributed by atoms with E-state index in [-0.39, 0.29) is 12.4 Å². The van der Waals surface area contributed by atoms with E-state index in [4.69, 9.17) is 24.0 Å². The number of Topliss-reactive ketones (excluding diaryl/α,β-unsaturated/α-hetero) is 1. The Balaban J connectivity index is 2.13. The van der Waals surface area contributed by atoms with E-state index in [0.717, 1.165) is 16.9 Å². The van der Waals surface area contributed by atoms with Crippen LogP contribution in [0.3, 0.4) is 0 Å². The van der Waals surface area contributed by atoms with Crippen molar-refractivity contribution >= 4 is 5.78 Å². The summed E-state index contributed by atoms with van der Waals surface area (Å²) < 4.78 is 24.4. The second kappa shape index (κ2) is 9.87. The van der Waals surface area contributed by atoms with E-state index >= 15 is 0 Å². The second-order valence-corrected chi connectivity index (χ2v) is 7.79. The number of hydrogen-bond acceptors (Lipinski definition) is 6. The van der Waals surface area contributed by atoms with Crippen molar-refractivity contribution < 1.29 is 23.7 Å². The Labute approximate surface area is 188 Å². The molecule has 0 saturated heterocycles. The van der Waals surface area contributed by atoms with Crippen molar-refractivity contribution in [3.05, 3.63) is 54.2 Å². The number of para-hydroxylation sites is 2. The van der Waals surface area contributed by atoms with Crippen LogP contribution in [-0.2, 0) is 16.1 Å². The number of nitrogens with zero attached hydrogens (tertiary/aromatic N) is 2. The molecular weight excluding hydrogens is 408 g/mol. The Kier molecular flexibility index (Phi) is 7.20. The maximum atomic E-state index is 11.9. The molecule has 0 unspecified atom stereocenters. The third-order valence-electron chi connectivity index (χ3n) is 5.23. The number of aromatic nitrogens is 2. The summed E-state index contributed by atoms with van der Waals surface area (Å²) in [5, 5.41) is 4.79. The molecule has 0 aliphatic carbocycles. The van der Waals surface area contributed by atoms with Gasteiger partial charge in [-0.15, -0.1) is 0 Å². The van der Waals surface area contributed by atoms with Crippen molar-refractivity contribution in [2.75, 3.05) is 20.8 Å². The maximum absolute atomic E-state index is 11.9. The summed E-state index contributed by atoms with van der Waals surface area (Å²) in [4.78, 5) is 11.9. The van der Waals surface area contributed by atoms with E-state index in [1.54, 1.807) is 28.1 Å². The van der Waals surface area contributed by atoms with Crippen LogP contribution in [0.2, 0.25) is 0 Å². The summed E-state index contributed by atoms with van der Waals surface area (Å²) in [6.07, 6.45) is 0. The lowest BCUT2D eigenvalue weighted by molar-refractivity contribution is -0.139. The van der Waals surface area contributed by atoms with Crippen molar-refractivity contribution in [3.63, 3.8) is 0 Å². The SMILES string of the molecule is CCOc1ccccc1-n1nc(COC(C)(C)C(C)=O)cc1-c1cc(OC)cc(OC)c1. The van der Waals surface area contributed by atoms with Crippen molar-refractivity contribution in [1.29, 1.82) is 0 Å². The first-order valence-electron chi connectivity index (χ1n) is 10.5. The number of ketones is 1. The van der Waals surface area contributed by atoms with E-state index in [0.29, 0.717) is 29.5 Å². The van der Waals surface area contributed by atoms with Gasteiger partial charge in [0.15, 0.2) is 5.78 Å². The molecule has 0 spiro atoms. The third kappa shape index (κ3) is 5.11. The molecule has 0 N–H and O–H groups in total. The molecule has 7 heteroatoms. The van der Waals surface area contributed by atoms with Gasteiger partial charge >= 0.3 is 0 Å². The predicted molar refractivity (Wildman–Crippen MR) is 123 cm³/mol. The summed E-state index contributed by atoms with van der Waals surface area (Å²) in [5.74, 6) is 2.00. The van der Waals surface area contributed by atoms with E-state index in [9.17, 15) is 4.79 Å². The van der Waals surface area contributed by atoms with Crippen LogP contribution in [-0.4, -0.2) is 42.0 Å². The molecule has 170 valence electrons. The molecule has 7 nitrogen and oxygen atoms in total. The first-order chi connectivity index (χ1) is 15.3. The first-order valence-corrected chi connectivity index (χ1v) is 10.5. The smallest absolute Gasteiger partial charge is 0.161 e. The fourth-order valence-electron chi connectivity index (χ4n) is 3.11. The molecule has 0 aliphatic rings. The average Bonchev–Trinajstić information content (AvgIpc) is 3.22. The van der Waals surface area contributed by atoms with Crippen molar-refractivity contribution in [2.45, 2.75) is 39.9 Å². The number of carbonyl (C=O) groups excluding carboxylic acids is 1. The predicted octanol–water partition coefficient (Wildman–Crippen LogP) is 4.84. The van der Waals surface area contributed by atoms with Gasteiger partial charge in [-0.2, -0.15) is 5.10 Å². The summed E-state index contributed by atoms with van der Waals surface area (Å²) >= 11 is 0. The van der Waals surface area contributed by atoms with Gasteiger partial charge in [-0.1, -0.05) is 12.1 Å². The van der Waals surface area contributed by atoms with Gasteiger partial charge in [0.05, 0.1) is 38.8 Å². The van der Waals surface area contributed by atoms with Crippen molar-refractivity contribution in [1.82, 2.24) is 9.78 Å². The van der Waals surface area contributed by atoms with Gasteiger partial charge in [0, 0.05) is 11.6 Å². The Morgan fingerprint density at radius 2 is 1.69 bits per heavy atom. The van der Waals surface area contributed by atoms with Crippen LogP contribution >= 0.6 is 0 Å². The molecule has 1 heterocycles. The van der Waals surface area contributed by atoms with E-state index < -0.39 is 5.60 Å². The van der Waals surface area contributed by atoms with Crippen LogP contribution in [0.1, 0.15) is 33.4 Å². The van der Waals surface area contributed by atoms with E-state index in [1.807, 2.05) is 60.1 Å². The minimum Gasteiger partial charge on any atom is -0.497 e. The fraction of sp³-hybridized carbons (Fsp3) is 0.360. The van der Waals surface area contributed by atoms with Gasteiger partial charge in [0.2, 0.25) is 0 Å². The highest BCUT2D eigenvalue weighted by molar-refractivity contribution is 5.83. The molecule has 0 amide bonds. The molecular formula is C25H30N2O5. The zero-order chi connectivity index (χ0) is 23.3. The standard InChI is InChI=1S/C25H30N2O5/c1-7-31-24-11-9-8-10-22(24)27-23(18-12-20(29-5)15-21(13-18)30-6)14-19(26-27)16-32-25(3,4)17(2)28/h8-15H,7,16H2,1-6H3. The van der Waals surface area contributed by atoms with Crippen LogP contribution in [0.5, 0.6) is 17.2 Å². The Morgan fingerprint density at radius 1 is 1.03 bits per heavy atom. The lowest BCUT2D eigenvalue weighted by atomic mass is 10.1. The largest absolute Gasteiger partial charge is 0.497 e. The average molecular weight is 439 g/mol. The number of carbonyl (C=O) groups is 1. The number of methoxy groups -OCH3 is 2. The van der Waals surface area contributed by atoms with Crippen LogP contribution in [0.25, 0.3) is 16.9 Å². The molecule has 2 aromatic carbocycles. The van der Waals surface area contributed by atoms with Gasteiger partial charge in [0.1, 0.15) is 28.5 Å². The monoisotopic (exact) mass is 438 g/mol. The van der Waals surface area contributed by atoms with Crippen LogP contribution in [0, 0.1) is 0 Å². The van der Waals surface area contributed by atoms with Gasteiger partial charge in [-0.25, -0.2) is 4.68 Å². The van der Waals surface area contributed by atoms with Gasteiger partial charge in [-0.3, -0.25) is 4.79 Å². The lowest BCUT2D eigenvalue weighted by Crippen LogP contribution is -2.32. The molecule has 1 aromatic heterocycles. The lowest BCUT2D eigenvalue weighted by Gasteiger charge is -2.21. The van der Waals surface area contributed by atoms with Gasteiger partial charge in [0.25, 0.3) is 0 Å². The highest BCUT2D eigenvalue weighted by Crippen LogP contribution is 2.34. The highest BCUT2D eigenvalue weighted by atomic mass is 16.5. The topological polar surface area (TPSA) is 71.8 Å². The summed E-state index contributed by atoms with van der Waals surface area (Å²) in [7, 11) is 3.23. The number of ether oxygens (including phenoxy) is 4.